The van der Waals surface area contributed by atoms with E-state index in [9.17, 15) is 24.8 Å². The molecule has 1 aromatic carbocycles. The zero-order chi connectivity index (χ0) is 23.7. The molecule has 9 heteroatoms. The van der Waals surface area contributed by atoms with Crippen molar-refractivity contribution in [2.75, 3.05) is 26.2 Å². The minimum Gasteiger partial charge on any atom is -0.502 e. The number of para-hydroxylation sites is 1. The van der Waals surface area contributed by atoms with Crippen molar-refractivity contribution in [2.24, 2.45) is 11.8 Å². The number of benzene rings is 1. The van der Waals surface area contributed by atoms with Crippen LogP contribution in [-0.4, -0.2) is 59.0 Å². The van der Waals surface area contributed by atoms with Crippen molar-refractivity contribution >= 4 is 17.5 Å². The van der Waals surface area contributed by atoms with Gasteiger partial charge in [-0.15, -0.1) is 0 Å². The summed E-state index contributed by atoms with van der Waals surface area (Å²) in [6.45, 7) is 8.41. The fraction of sp³-hybridized carbons (Fsp3) is 0.652. The summed E-state index contributed by atoms with van der Waals surface area (Å²) in [5.74, 6) is -0.438. The van der Waals surface area contributed by atoms with E-state index in [1.54, 1.807) is 11.0 Å². The number of nitrogens with one attached hydrogen (secondary N) is 2. The maximum Gasteiger partial charge on any atom is 0.310 e. The van der Waals surface area contributed by atoms with Gasteiger partial charge in [0.2, 0.25) is 11.8 Å². The maximum atomic E-state index is 13.4. The fourth-order valence-corrected chi connectivity index (χ4v) is 4.07. The van der Waals surface area contributed by atoms with E-state index >= 15 is 0 Å². The molecular formula is C23H36N4O5. The van der Waals surface area contributed by atoms with Crippen molar-refractivity contribution in [3.05, 3.63) is 33.9 Å². The molecule has 0 radical (unpaired) electrons. The summed E-state index contributed by atoms with van der Waals surface area (Å²) in [6.07, 6.45) is 3.09. The van der Waals surface area contributed by atoms with Gasteiger partial charge in [0.15, 0.2) is 5.75 Å². The van der Waals surface area contributed by atoms with Crippen molar-refractivity contribution in [3.8, 4) is 5.75 Å². The van der Waals surface area contributed by atoms with Gasteiger partial charge < -0.3 is 20.6 Å². The molecule has 178 valence electrons. The maximum absolute atomic E-state index is 13.4. The second-order valence-electron chi connectivity index (χ2n) is 8.83. The summed E-state index contributed by atoms with van der Waals surface area (Å²) >= 11 is 0. The first-order chi connectivity index (χ1) is 15.2. The molecular weight excluding hydrogens is 412 g/mol. The Morgan fingerprint density at radius 2 is 1.97 bits per heavy atom. The van der Waals surface area contributed by atoms with Gasteiger partial charge >= 0.3 is 5.69 Å². The van der Waals surface area contributed by atoms with Gasteiger partial charge in [-0.2, -0.15) is 0 Å². The standard InChI is InChI=1S/C23H36N4O5/c1-4-13-26(14-10-17-6-5-7-20(21(17)28)27(31)32)23(30)19(15-16(2)3)25-22(29)18-8-11-24-12-9-18/h5-7,16,18-19,24,28H,4,8-15H2,1-3H3,(H,25,29). The first-order valence-corrected chi connectivity index (χ1v) is 11.5. The van der Waals surface area contributed by atoms with E-state index in [1.165, 1.54) is 12.1 Å². The third-order valence-corrected chi connectivity index (χ3v) is 5.78. The van der Waals surface area contributed by atoms with Crippen molar-refractivity contribution in [1.29, 1.82) is 0 Å². The van der Waals surface area contributed by atoms with Gasteiger partial charge in [0, 0.05) is 30.6 Å². The first kappa shape index (κ1) is 25.6. The van der Waals surface area contributed by atoms with Crippen LogP contribution in [0.5, 0.6) is 5.75 Å². The quantitative estimate of drug-likeness (QED) is 0.353. The molecule has 2 rings (SSSR count). The smallest absolute Gasteiger partial charge is 0.310 e. The summed E-state index contributed by atoms with van der Waals surface area (Å²) in [7, 11) is 0. The molecule has 1 aromatic rings. The summed E-state index contributed by atoms with van der Waals surface area (Å²) in [5, 5.41) is 27.5. The molecule has 1 atom stereocenters. The molecule has 1 heterocycles. The molecule has 0 aromatic heterocycles. The van der Waals surface area contributed by atoms with Crippen LogP contribution in [0.2, 0.25) is 0 Å². The van der Waals surface area contributed by atoms with Crippen LogP contribution in [0.1, 0.15) is 52.0 Å². The Kier molecular flexibility index (Phi) is 9.90. The van der Waals surface area contributed by atoms with Crippen molar-refractivity contribution in [2.45, 2.75) is 58.9 Å². The lowest BCUT2D eigenvalue weighted by molar-refractivity contribution is -0.385. The summed E-state index contributed by atoms with van der Waals surface area (Å²) in [5.41, 5.74) is 0.0787. The van der Waals surface area contributed by atoms with Gasteiger partial charge in [0.05, 0.1) is 4.92 Å². The Hall–Kier alpha value is -2.68. The number of amides is 2. The average Bonchev–Trinajstić information content (AvgIpc) is 2.76. The topological polar surface area (TPSA) is 125 Å². The molecule has 1 unspecified atom stereocenters. The number of nitro benzene ring substituents is 1. The summed E-state index contributed by atoms with van der Waals surface area (Å²) in [6, 6.07) is 3.80. The van der Waals surface area contributed by atoms with Crippen LogP contribution in [0.4, 0.5) is 5.69 Å². The highest BCUT2D eigenvalue weighted by Crippen LogP contribution is 2.29. The highest BCUT2D eigenvalue weighted by molar-refractivity contribution is 5.88. The zero-order valence-electron chi connectivity index (χ0n) is 19.3. The number of carbonyl (C=O) groups excluding carboxylic acids is 2. The summed E-state index contributed by atoms with van der Waals surface area (Å²) in [4.78, 5) is 38.3. The van der Waals surface area contributed by atoms with Crippen LogP contribution in [0.25, 0.3) is 0 Å². The Morgan fingerprint density at radius 1 is 1.28 bits per heavy atom. The number of phenols is 1. The molecule has 9 nitrogen and oxygen atoms in total. The number of aromatic hydroxyl groups is 1. The van der Waals surface area contributed by atoms with Crippen molar-refractivity contribution in [3.63, 3.8) is 0 Å². The second-order valence-corrected chi connectivity index (χ2v) is 8.83. The largest absolute Gasteiger partial charge is 0.502 e. The Labute approximate surface area is 189 Å². The SMILES string of the molecule is CCCN(CCc1cccc([N+](=O)[O-])c1O)C(=O)C(CC(C)C)NC(=O)C1CCNCC1. The molecule has 0 saturated carbocycles. The molecule has 1 saturated heterocycles. The lowest BCUT2D eigenvalue weighted by Crippen LogP contribution is -2.52. The predicted octanol–water partition coefficient (Wildman–Crippen LogP) is 2.61. The lowest BCUT2D eigenvalue weighted by Gasteiger charge is -2.30. The number of piperidine rings is 1. The fourth-order valence-electron chi connectivity index (χ4n) is 4.07. The number of hydrogen-bond donors (Lipinski definition) is 3. The number of rotatable bonds is 11. The Balaban J connectivity index is 2.12. The van der Waals surface area contributed by atoms with E-state index in [2.05, 4.69) is 10.6 Å². The monoisotopic (exact) mass is 448 g/mol. The van der Waals surface area contributed by atoms with Crippen LogP contribution >= 0.6 is 0 Å². The lowest BCUT2D eigenvalue weighted by atomic mass is 9.95. The molecule has 1 aliphatic heterocycles. The van der Waals surface area contributed by atoms with Gasteiger partial charge in [-0.3, -0.25) is 19.7 Å². The van der Waals surface area contributed by atoms with Gasteiger partial charge in [-0.05, 0) is 51.1 Å². The van der Waals surface area contributed by atoms with E-state index in [0.717, 1.165) is 32.4 Å². The van der Waals surface area contributed by atoms with Crippen molar-refractivity contribution < 1.29 is 19.6 Å². The van der Waals surface area contributed by atoms with Gasteiger partial charge in [0.1, 0.15) is 6.04 Å². The number of hydrogen-bond acceptors (Lipinski definition) is 6. The highest BCUT2D eigenvalue weighted by atomic mass is 16.6. The summed E-state index contributed by atoms with van der Waals surface area (Å²) < 4.78 is 0. The minimum atomic E-state index is -0.622. The molecule has 3 N–H and O–H groups in total. The van der Waals surface area contributed by atoms with Crippen molar-refractivity contribution in [1.82, 2.24) is 15.5 Å². The van der Waals surface area contributed by atoms with E-state index in [-0.39, 0.29) is 41.5 Å². The van der Waals surface area contributed by atoms with Crippen LogP contribution < -0.4 is 10.6 Å². The van der Waals surface area contributed by atoms with Gasteiger partial charge in [-0.25, -0.2) is 0 Å². The molecule has 0 spiro atoms. The van der Waals surface area contributed by atoms with E-state index in [1.807, 2.05) is 20.8 Å². The average molecular weight is 449 g/mol. The Bertz CT molecular complexity index is 793. The number of carbonyl (C=O) groups is 2. The third-order valence-electron chi connectivity index (χ3n) is 5.78. The minimum absolute atomic E-state index is 0.0710. The van der Waals surface area contributed by atoms with Gasteiger partial charge in [-0.1, -0.05) is 32.9 Å². The molecule has 0 aliphatic carbocycles. The van der Waals surface area contributed by atoms with Crippen LogP contribution in [0, 0.1) is 22.0 Å². The number of nitrogens with zero attached hydrogens (tertiary/aromatic N) is 2. The van der Waals surface area contributed by atoms with E-state index in [0.29, 0.717) is 25.1 Å². The second kappa shape index (κ2) is 12.4. The van der Waals surface area contributed by atoms with Crippen LogP contribution in [0.15, 0.2) is 18.2 Å². The normalized spacial score (nSPS) is 15.4. The molecule has 1 fully saturated rings. The van der Waals surface area contributed by atoms with Crippen LogP contribution in [-0.2, 0) is 16.0 Å². The molecule has 1 aliphatic rings. The number of nitro groups is 1. The molecule has 0 bridgehead atoms. The van der Waals surface area contributed by atoms with Crippen LogP contribution in [0.3, 0.4) is 0 Å². The highest BCUT2D eigenvalue weighted by Gasteiger charge is 2.30. The zero-order valence-corrected chi connectivity index (χ0v) is 19.3. The Morgan fingerprint density at radius 3 is 2.56 bits per heavy atom. The van der Waals surface area contributed by atoms with Gasteiger partial charge in [0.25, 0.3) is 0 Å². The van der Waals surface area contributed by atoms with E-state index < -0.39 is 11.0 Å². The van der Waals surface area contributed by atoms with E-state index in [4.69, 9.17) is 0 Å². The third kappa shape index (κ3) is 7.19. The number of phenolic OH excluding ortho intramolecular Hbond substituents is 1. The molecule has 32 heavy (non-hydrogen) atoms. The first-order valence-electron chi connectivity index (χ1n) is 11.5. The molecule has 2 amide bonds. The predicted molar refractivity (Wildman–Crippen MR) is 122 cm³/mol.